The summed E-state index contributed by atoms with van der Waals surface area (Å²) in [6.45, 7) is 8.06. The number of carbonyl (C=O) groups is 1. The lowest BCUT2D eigenvalue weighted by atomic mass is 9.94. The van der Waals surface area contributed by atoms with Crippen LogP contribution in [0.5, 0.6) is 0 Å². The second kappa shape index (κ2) is 11.0. The second-order valence-corrected chi connectivity index (χ2v) is 6.27. The Morgan fingerprint density at radius 3 is 2.24 bits per heavy atom. The van der Waals surface area contributed by atoms with Crippen molar-refractivity contribution < 1.29 is 9.53 Å². The Morgan fingerprint density at radius 2 is 1.71 bits per heavy atom. The molecule has 0 radical (unpaired) electrons. The molecule has 0 aliphatic heterocycles. The highest BCUT2D eigenvalue weighted by atomic mass is 16.5. The minimum atomic E-state index is -0.549. The molecule has 1 unspecified atom stereocenters. The Morgan fingerprint density at radius 1 is 1.10 bits per heavy atom. The summed E-state index contributed by atoms with van der Waals surface area (Å²) in [5.74, 6) is -0.163. The van der Waals surface area contributed by atoms with Crippen LogP contribution < -0.4 is 5.32 Å². The smallest absolute Gasteiger partial charge is 0.325 e. The Balaban J connectivity index is 3.92. The summed E-state index contributed by atoms with van der Waals surface area (Å²) in [5.41, 5.74) is -0.549. The van der Waals surface area contributed by atoms with E-state index in [2.05, 4.69) is 36.3 Å². The summed E-state index contributed by atoms with van der Waals surface area (Å²) in [6.07, 6.45) is 4.15. The Hall–Kier alpha value is -0.650. The SMILES string of the molecule is CCNC(C)(CCCCN(C)CCCN(C)C)C(=O)OC. The molecule has 0 aliphatic carbocycles. The van der Waals surface area contributed by atoms with Crippen molar-refractivity contribution in [3.8, 4) is 0 Å². The number of nitrogens with zero attached hydrogens (tertiary/aromatic N) is 2. The highest BCUT2D eigenvalue weighted by Crippen LogP contribution is 2.16. The van der Waals surface area contributed by atoms with Crippen molar-refractivity contribution in [2.75, 3.05) is 54.4 Å². The molecule has 0 amide bonds. The number of ether oxygens (including phenoxy) is 1. The number of likely N-dealkylation sites (N-methyl/N-ethyl adjacent to an activating group) is 1. The van der Waals surface area contributed by atoms with Gasteiger partial charge in [-0.15, -0.1) is 0 Å². The molecule has 0 aromatic heterocycles. The van der Waals surface area contributed by atoms with Crippen LogP contribution in [0.15, 0.2) is 0 Å². The zero-order chi connectivity index (χ0) is 16.3. The van der Waals surface area contributed by atoms with Crippen molar-refractivity contribution in [1.82, 2.24) is 15.1 Å². The predicted octanol–water partition coefficient (Wildman–Crippen LogP) is 1.58. The third-order valence-electron chi connectivity index (χ3n) is 3.81. The van der Waals surface area contributed by atoms with E-state index in [1.54, 1.807) is 0 Å². The Labute approximate surface area is 131 Å². The molecule has 0 spiro atoms. The fourth-order valence-corrected chi connectivity index (χ4v) is 2.51. The summed E-state index contributed by atoms with van der Waals surface area (Å²) < 4.78 is 4.91. The highest BCUT2D eigenvalue weighted by Gasteiger charge is 2.32. The Bertz CT molecular complexity index is 285. The molecule has 0 aromatic rings. The third kappa shape index (κ3) is 9.06. The number of hydrogen-bond donors (Lipinski definition) is 1. The first kappa shape index (κ1) is 20.3. The molecule has 1 N–H and O–H groups in total. The zero-order valence-electron chi connectivity index (χ0n) is 14.9. The van der Waals surface area contributed by atoms with Crippen molar-refractivity contribution in [2.45, 2.75) is 45.1 Å². The molecule has 0 saturated heterocycles. The van der Waals surface area contributed by atoms with Crippen molar-refractivity contribution in [1.29, 1.82) is 0 Å². The molecule has 21 heavy (non-hydrogen) atoms. The predicted molar refractivity (Wildman–Crippen MR) is 88.6 cm³/mol. The topological polar surface area (TPSA) is 44.8 Å². The summed E-state index contributed by atoms with van der Waals surface area (Å²) in [7, 11) is 7.83. The highest BCUT2D eigenvalue weighted by molar-refractivity contribution is 5.80. The first-order valence-electron chi connectivity index (χ1n) is 8.02. The molecule has 0 bridgehead atoms. The van der Waals surface area contributed by atoms with Gasteiger partial charge in [0.05, 0.1) is 7.11 Å². The average Bonchev–Trinajstić information content (AvgIpc) is 2.42. The van der Waals surface area contributed by atoms with Gasteiger partial charge in [-0.25, -0.2) is 0 Å². The minimum absolute atomic E-state index is 0.163. The summed E-state index contributed by atoms with van der Waals surface area (Å²) >= 11 is 0. The standard InChI is InChI=1S/C16H35N3O2/c1-7-17-16(2,15(20)21-6)11-8-9-13-19(5)14-10-12-18(3)4/h17H,7-14H2,1-6H3. The Kier molecular flexibility index (Phi) is 10.6. The number of carbonyl (C=O) groups excluding carboxylic acids is 1. The van der Waals surface area contributed by atoms with Crippen LogP contribution in [-0.4, -0.2) is 75.7 Å². The molecule has 5 nitrogen and oxygen atoms in total. The van der Waals surface area contributed by atoms with E-state index in [0.717, 1.165) is 45.4 Å². The van der Waals surface area contributed by atoms with E-state index in [0.29, 0.717) is 0 Å². The van der Waals surface area contributed by atoms with Gasteiger partial charge in [-0.3, -0.25) is 4.79 Å². The maximum absolute atomic E-state index is 11.9. The summed E-state index contributed by atoms with van der Waals surface area (Å²) in [5, 5.41) is 3.25. The van der Waals surface area contributed by atoms with Gasteiger partial charge in [0.25, 0.3) is 0 Å². The van der Waals surface area contributed by atoms with Gasteiger partial charge in [0.1, 0.15) is 5.54 Å². The van der Waals surface area contributed by atoms with Crippen LogP contribution in [0.4, 0.5) is 0 Å². The fourth-order valence-electron chi connectivity index (χ4n) is 2.51. The number of unbranched alkanes of at least 4 members (excludes halogenated alkanes) is 1. The maximum Gasteiger partial charge on any atom is 0.325 e. The fraction of sp³-hybridized carbons (Fsp3) is 0.938. The van der Waals surface area contributed by atoms with Gasteiger partial charge in [-0.05, 0) is 79.9 Å². The van der Waals surface area contributed by atoms with Gasteiger partial charge in [-0.1, -0.05) is 6.92 Å². The van der Waals surface area contributed by atoms with E-state index in [1.165, 1.54) is 13.5 Å². The molecule has 0 aromatic carbocycles. The quantitative estimate of drug-likeness (QED) is 0.438. The lowest BCUT2D eigenvalue weighted by Crippen LogP contribution is -2.50. The number of nitrogens with one attached hydrogen (secondary N) is 1. The molecule has 0 heterocycles. The van der Waals surface area contributed by atoms with Gasteiger partial charge in [-0.2, -0.15) is 0 Å². The van der Waals surface area contributed by atoms with Crippen LogP contribution in [0, 0.1) is 0 Å². The molecular formula is C16H35N3O2. The van der Waals surface area contributed by atoms with E-state index in [-0.39, 0.29) is 5.97 Å². The van der Waals surface area contributed by atoms with Gasteiger partial charge >= 0.3 is 5.97 Å². The van der Waals surface area contributed by atoms with Crippen molar-refractivity contribution in [3.05, 3.63) is 0 Å². The van der Waals surface area contributed by atoms with Crippen molar-refractivity contribution in [3.63, 3.8) is 0 Å². The monoisotopic (exact) mass is 301 g/mol. The molecule has 126 valence electrons. The van der Waals surface area contributed by atoms with E-state index < -0.39 is 5.54 Å². The number of rotatable bonds is 12. The van der Waals surface area contributed by atoms with Crippen LogP contribution in [0.3, 0.4) is 0 Å². The van der Waals surface area contributed by atoms with Gasteiger partial charge < -0.3 is 19.9 Å². The summed E-state index contributed by atoms with van der Waals surface area (Å²) in [6, 6.07) is 0. The molecular weight excluding hydrogens is 266 g/mol. The zero-order valence-corrected chi connectivity index (χ0v) is 14.9. The van der Waals surface area contributed by atoms with Crippen molar-refractivity contribution in [2.24, 2.45) is 0 Å². The van der Waals surface area contributed by atoms with Crippen LogP contribution in [0.25, 0.3) is 0 Å². The normalized spacial score (nSPS) is 14.5. The average molecular weight is 301 g/mol. The van der Waals surface area contributed by atoms with Crippen LogP contribution in [0.1, 0.15) is 39.5 Å². The first-order valence-corrected chi connectivity index (χ1v) is 8.02. The van der Waals surface area contributed by atoms with E-state index in [4.69, 9.17) is 4.74 Å². The van der Waals surface area contributed by atoms with Crippen LogP contribution in [0.2, 0.25) is 0 Å². The van der Waals surface area contributed by atoms with E-state index >= 15 is 0 Å². The van der Waals surface area contributed by atoms with E-state index in [9.17, 15) is 4.79 Å². The molecule has 0 aliphatic rings. The largest absolute Gasteiger partial charge is 0.468 e. The van der Waals surface area contributed by atoms with Gasteiger partial charge in [0, 0.05) is 0 Å². The van der Waals surface area contributed by atoms with Gasteiger partial charge in [0.15, 0.2) is 0 Å². The number of esters is 1. The van der Waals surface area contributed by atoms with E-state index in [1.807, 2.05) is 13.8 Å². The lowest BCUT2D eigenvalue weighted by Gasteiger charge is -2.28. The second-order valence-electron chi connectivity index (χ2n) is 6.27. The van der Waals surface area contributed by atoms with Crippen LogP contribution in [-0.2, 0) is 9.53 Å². The number of hydrogen-bond acceptors (Lipinski definition) is 5. The van der Waals surface area contributed by atoms with Crippen molar-refractivity contribution >= 4 is 5.97 Å². The molecule has 1 atom stereocenters. The minimum Gasteiger partial charge on any atom is -0.468 e. The molecule has 0 saturated carbocycles. The van der Waals surface area contributed by atoms with Crippen LogP contribution >= 0.6 is 0 Å². The first-order chi connectivity index (χ1) is 9.85. The third-order valence-corrected chi connectivity index (χ3v) is 3.81. The molecule has 5 heteroatoms. The van der Waals surface area contributed by atoms with Gasteiger partial charge in [0.2, 0.25) is 0 Å². The summed E-state index contributed by atoms with van der Waals surface area (Å²) in [4.78, 5) is 16.4. The molecule has 0 rings (SSSR count). The maximum atomic E-state index is 11.9. The number of methoxy groups -OCH3 is 1. The lowest BCUT2D eigenvalue weighted by molar-refractivity contribution is -0.148. The molecule has 0 fully saturated rings.